The van der Waals surface area contributed by atoms with Gasteiger partial charge in [-0.1, -0.05) is 43.7 Å². The highest BCUT2D eigenvalue weighted by Crippen LogP contribution is 2.19. The standard InChI is InChI=1S/C14H20N2O/c1-2-6-13(11-7-4-3-5-8-11)16-14(17)12-9-15-10-12/h3-5,7-8,12-13,15H,2,6,9-10H2,1H3,(H,16,17)/t13-/m1/s1. The van der Waals surface area contributed by atoms with Gasteiger partial charge < -0.3 is 10.6 Å². The summed E-state index contributed by atoms with van der Waals surface area (Å²) in [5.41, 5.74) is 1.20. The second kappa shape index (κ2) is 5.82. The molecule has 0 spiro atoms. The van der Waals surface area contributed by atoms with Crippen LogP contribution in [0.1, 0.15) is 31.4 Å². The number of hydrogen-bond acceptors (Lipinski definition) is 2. The monoisotopic (exact) mass is 232 g/mol. The van der Waals surface area contributed by atoms with Crippen molar-refractivity contribution >= 4 is 5.91 Å². The summed E-state index contributed by atoms with van der Waals surface area (Å²) in [4.78, 5) is 11.9. The highest BCUT2D eigenvalue weighted by molar-refractivity contribution is 5.80. The minimum Gasteiger partial charge on any atom is -0.349 e. The third-order valence-corrected chi connectivity index (χ3v) is 3.25. The second-order valence-electron chi connectivity index (χ2n) is 4.62. The van der Waals surface area contributed by atoms with Crippen LogP contribution in [0.15, 0.2) is 30.3 Å². The Morgan fingerprint density at radius 1 is 1.41 bits per heavy atom. The van der Waals surface area contributed by atoms with Crippen molar-refractivity contribution in [2.45, 2.75) is 25.8 Å². The number of hydrogen-bond donors (Lipinski definition) is 2. The van der Waals surface area contributed by atoms with Gasteiger partial charge in [0.2, 0.25) is 5.91 Å². The van der Waals surface area contributed by atoms with Gasteiger partial charge in [0.05, 0.1) is 12.0 Å². The Morgan fingerprint density at radius 2 is 2.12 bits per heavy atom. The fraction of sp³-hybridized carbons (Fsp3) is 0.500. The molecule has 0 radical (unpaired) electrons. The summed E-state index contributed by atoms with van der Waals surface area (Å²) >= 11 is 0. The number of nitrogens with one attached hydrogen (secondary N) is 2. The van der Waals surface area contributed by atoms with Gasteiger partial charge in [0.15, 0.2) is 0 Å². The average Bonchev–Trinajstić information content (AvgIpc) is 2.27. The van der Waals surface area contributed by atoms with E-state index in [1.165, 1.54) is 5.56 Å². The largest absolute Gasteiger partial charge is 0.349 e. The minimum absolute atomic E-state index is 0.161. The summed E-state index contributed by atoms with van der Waals surface area (Å²) in [6.45, 7) is 3.78. The van der Waals surface area contributed by atoms with Crippen molar-refractivity contribution in [3.63, 3.8) is 0 Å². The molecule has 17 heavy (non-hydrogen) atoms. The Morgan fingerprint density at radius 3 is 2.65 bits per heavy atom. The first kappa shape index (κ1) is 12.1. The number of benzene rings is 1. The summed E-state index contributed by atoms with van der Waals surface area (Å²) < 4.78 is 0. The molecule has 0 aromatic heterocycles. The van der Waals surface area contributed by atoms with Crippen molar-refractivity contribution in [2.75, 3.05) is 13.1 Å². The van der Waals surface area contributed by atoms with Crippen LogP contribution < -0.4 is 10.6 Å². The van der Waals surface area contributed by atoms with Crippen LogP contribution >= 0.6 is 0 Å². The lowest BCUT2D eigenvalue weighted by Gasteiger charge is -2.28. The summed E-state index contributed by atoms with van der Waals surface area (Å²) in [6, 6.07) is 10.4. The molecular formula is C14H20N2O. The van der Waals surface area contributed by atoms with Gasteiger partial charge >= 0.3 is 0 Å². The number of amides is 1. The number of rotatable bonds is 5. The maximum atomic E-state index is 11.9. The molecule has 2 rings (SSSR count). The van der Waals surface area contributed by atoms with Gasteiger partial charge in [0.25, 0.3) is 0 Å². The summed E-state index contributed by atoms with van der Waals surface area (Å²) in [6.07, 6.45) is 2.07. The maximum Gasteiger partial charge on any atom is 0.226 e. The molecule has 1 amide bonds. The third-order valence-electron chi connectivity index (χ3n) is 3.25. The molecule has 0 bridgehead atoms. The second-order valence-corrected chi connectivity index (χ2v) is 4.62. The first-order valence-corrected chi connectivity index (χ1v) is 6.37. The maximum absolute atomic E-state index is 11.9. The topological polar surface area (TPSA) is 41.1 Å². The lowest BCUT2D eigenvalue weighted by Crippen LogP contribution is -2.51. The fourth-order valence-electron chi connectivity index (χ4n) is 2.06. The van der Waals surface area contributed by atoms with Gasteiger partial charge in [-0.25, -0.2) is 0 Å². The molecule has 1 atom stereocenters. The van der Waals surface area contributed by atoms with E-state index < -0.39 is 0 Å². The van der Waals surface area contributed by atoms with Crippen LogP contribution in [0, 0.1) is 5.92 Å². The molecule has 0 unspecified atom stereocenters. The van der Waals surface area contributed by atoms with Crippen LogP contribution in [0.4, 0.5) is 0 Å². The van der Waals surface area contributed by atoms with Crippen molar-refractivity contribution < 1.29 is 4.79 Å². The predicted octanol–water partition coefficient (Wildman–Crippen LogP) is 1.86. The average molecular weight is 232 g/mol. The molecule has 0 saturated carbocycles. The molecule has 1 fully saturated rings. The Bertz CT molecular complexity index is 360. The molecule has 0 aliphatic carbocycles. The van der Waals surface area contributed by atoms with Gasteiger partial charge in [-0.2, -0.15) is 0 Å². The summed E-state index contributed by atoms with van der Waals surface area (Å²) in [5.74, 6) is 0.351. The molecule has 3 nitrogen and oxygen atoms in total. The lowest BCUT2D eigenvalue weighted by atomic mass is 9.98. The van der Waals surface area contributed by atoms with Crippen LogP contribution in [0.2, 0.25) is 0 Å². The van der Waals surface area contributed by atoms with E-state index in [1.54, 1.807) is 0 Å². The molecule has 1 aromatic rings. The van der Waals surface area contributed by atoms with E-state index in [4.69, 9.17) is 0 Å². The van der Waals surface area contributed by atoms with Gasteiger partial charge in [-0.05, 0) is 12.0 Å². The van der Waals surface area contributed by atoms with Crippen molar-refractivity contribution in [1.82, 2.24) is 10.6 Å². The van der Waals surface area contributed by atoms with Crippen molar-refractivity contribution in [3.05, 3.63) is 35.9 Å². The highest BCUT2D eigenvalue weighted by atomic mass is 16.2. The molecule has 92 valence electrons. The Balaban J connectivity index is 1.99. The molecule has 1 aliphatic rings. The van der Waals surface area contributed by atoms with Crippen LogP contribution in [0.5, 0.6) is 0 Å². The summed E-state index contributed by atoms with van der Waals surface area (Å²) in [7, 11) is 0. The Labute approximate surface area is 103 Å². The predicted molar refractivity (Wildman–Crippen MR) is 68.6 cm³/mol. The van der Waals surface area contributed by atoms with E-state index in [1.807, 2.05) is 18.2 Å². The molecule has 2 N–H and O–H groups in total. The molecule has 1 heterocycles. The van der Waals surface area contributed by atoms with Gasteiger partial charge in [0, 0.05) is 13.1 Å². The van der Waals surface area contributed by atoms with Gasteiger partial charge in [0.1, 0.15) is 0 Å². The fourth-order valence-corrected chi connectivity index (χ4v) is 2.06. The van der Waals surface area contributed by atoms with E-state index in [0.717, 1.165) is 25.9 Å². The first-order valence-electron chi connectivity index (χ1n) is 6.37. The number of carbonyl (C=O) groups excluding carboxylic acids is 1. The minimum atomic E-state index is 0.161. The Kier molecular flexibility index (Phi) is 4.15. The normalized spacial score (nSPS) is 17.2. The van der Waals surface area contributed by atoms with E-state index in [2.05, 4.69) is 29.7 Å². The number of carbonyl (C=O) groups is 1. The van der Waals surface area contributed by atoms with Crippen LogP contribution in [0.3, 0.4) is 0 Å². The zero-order valence-corrected chi connectivity index (χ0v) is 10.3. The van der Waals surface area contributed by atoms with Crippen molar-refractivity contribution in [1.29, 1.82) is 0 Å². The van der Waals surface area contributed by atoms with Crippen LogP contribution in [0.25, 0.3) is 0 Å². The molecule has 1 aliphatic heterocycles. The molecule has 3 heteroatoms. The SMILES string of the molecule is CCC[C@@H](NC(=O)C1CNC1)c1ccccc1. The smallest absolute Gasteiger partial charge is 0.226 e. The third kappa shape index (κ3) is 3.07. The molecule has 1 saturated heterocycles. The lowest BCUT2D eigenvalue weighted by molar-refractivity contribution is -0.127. The first-order chi connectivity index (χ1) is 8.31. The van der Waals surface area contributed by atoms with Gasteiger partial charge in [-0.3, -0.25) is 4.79 Å². The van der Waals surface area contributed by atoms with E-state index >= 15 is 0 Å². The van der Waals surface area contributed by atoms with E-state index in [-0.39, 0.29) is 17.9 Å². The van der Waals surface area contributed by atoms with Gasteiger partial charge in [-0.15, -0.1) is 0 Å². The van der Waals surface area contributed by atoms with E-state index in [0.29, 0.717) is 0 Å². The van der Waals surface area contributed by atoms with E-state index in [9.17, 15) is 4.79 Å². The Hall–Kier alpha value is -1.35. The highest BCUT2D eigenvalue weighted by Gasteiger charge is 2.26. The van der Waals surface area contributed by atoms with Crippen LogP contribution in [-0.2, 0) is 4.79 Å². The zero-order chi connectivity index (χ0) is 12.1. The van der Waals surface area contributed by atoms with Crippen molar-refractivity contribution in [3.8, 4) is 0 Å². The molecule has 1 aromatic carbocycles. The summed E-state index contributed by atoms with van der Waals surface area (Å²) in [5, 5.41) is 6.28. The van der Waals surface area contributed by atoms with Crippen molar-refractivity contribution in [2.24, 2.45) is 5.92 Å². The molecular weight excluding hydrogens is 212 g/mol. The van der Waals surface area contributed by atoms with Crippen LogP contribution in [-0.4, -0.2) is 19.0 Å². The zero-order valence-electron chi connectivity index (χ0n) is 10.3. The quantitative estimate of drug-likeness (QED) is 0.813.